The van der Waals surface area contributed by atoms with Crippen LogP contribution in [0.15, 0.2) is 227 Å². The van der Waals surface area contributed by atoms with E-state index in [1.54, 1.807) is 0 Å². The van der Waals surface area contributed by atoms with Gasteiger partial charge < -0.3 is 13.9 Å². The average Bonchev–Trinajstić information content (AvgIpc) is 3.91. The van der Waals surface area contributed by atoms with Gasteiger partial charge in [0.15, 0.2) is 23.1 Å². The van der Waals surface area contributed by atoms with Crippen LogP contribution in [0.25, 0.3) is 94.7 Å². The van der Waals surface area contributed by atoms with Crippen molar-refractivity contribution in [1.29, 1.82) is 0 Å². The highest BCUT2D eigenvalue weighted by molar-refractivity contribution is 7.99. The fourth-order valence-corrected chi connectivity index (χ4v) is 10.4. The molecule has 0 unspecified atom stereocenters. The Morgan fingerprint density at radius 2 is 0.938 bits per heavy atom. The van der Waals surface area contributed by atoms with Crippen molar-refractivity contribution in [2.24, 2.45) is 0 Å². The lowest BCUT2D eigenvalue weighted by Crippen LogP contribution is -2.15. The Kier molecular flexibility index (Phi) is 8.35. The summed E-state index contributed by atoms with van der Waals surface area (Å²) in [5, 5.41) is 4.35. The fourth-order valence-electron chi connectivity index (χ4n) is 9.30. The SMILES string of the molecule is c1ccc(-c2cccc(N3c4ccccc4Sc4cc5c(cc43)c3ccccc3n5-c3cccc4c3oc3c(-c5nc(-c6ccccc6)nc(-c6ccccc6)n5)cccc34)c2)cc1. The molecule has 0 aliphatic carbocycles. The van der Waals surface area contributed by atoms with Gasteiger partial charge in [0.2, 0.25) is 0 Å². The number of hydrogen-bond donors (Lipinski definition) is 0. The van der Waals surface area contributed by atoms with Crippen molar-refractivity contribution in [1.82, 2.24) is 19.5 Å². The molecule has 1 aliphatic heterocycles. The molecule has 0 radical (unpaired) electrons. The van der Waals surface area contributed by atoms with Crippen molar-refractivity contribution in [2.45, 2.75) is 9.79 Å². The maximum Gasteiger partial charge on any atom is 0.167 e. The molecule has 0 amide bonds. The number of aromatic nitrogens is 4. The molecular weight excluding hydrogens is 803 g/mol. The molecule has 9 aromatic carbocycles. The van der Waals surface area contributed by atoms with E-state index in [1.165, 1.54) is 37.4 Å². The smallest absolute Gasteiger partial charge is 0.167 e. The van der Waals surface area contributed by atoms with Crippen molar-refractivity contribution in [2.75, 3.05) is 4.90 Å². The first-order valence-electron chi connectivity index (χ1n) is 21.4. The van der Waals surface area contributed by atoms with Crippen molar-refractivity contribution in [3.05, 3.63) is 212 Å². The number of furan rings is 1. The van der Waals surface area contributed by atoms with Crippen LogP contribution in [0, 0.1) is 0 Å². The molecule has 13 rings (SSSR count). The minimum Gasteiger partial charge on any atom is -0.453 e. The summed E-state index contributed by atoms with van der Waals surface area (Å²) >= 11 is 1.82. The van der Waals surface area contributed by atoms with Crippen molar-refractivity contribution in [3.8, 4) is 51.0 Å². The highest BCUT2D eigenvalue weighted by atomic mass is 32.2. The summed E-state index contributed by atoms with van der Waals surface area (Å²) in [5.74, 6) is 1.77. The topological polar surface area (TPSA) is 60.0 Å². The summed E-state index contributed by atoms with van der Waals surface area (Å²) < 4.78 is 9.50. The maximum absolute atomic E-state index is 7.13. The van der Waals surface area contributed by atoms with E-state index < -0.39 is 0 Å². The third kappa shape index (κ3) is 5.86. The number of hydrogen-bond acceptors (Lipinski definition) is 6. The summed E-state index contributed by atoms with van der Waals surface area (Å²) in [6.07, 6.45) is 0. The van der Waals surface area contributed by atoms with Crippen LogP contribution in [0.5, 0.6) is 0 Å². The number of benzene rings is 9. The van der Waals surface area contributed by atoms with E-state index in [1.807, 2.05) is 78.5 Å². The molecule has 0 bridgehead atoms. The second-order valence-corrected chi connectivity index (χ2v) is 17.1. The van der Waals surface area contributed by atoms with Gasteiger partial charge in [0.25, 0.3) is 0 Å². The van der Waals surface area contributed by atoms with Gasteiger partial charge >= 0.3 is 0 Å². The molecule has 300 valence electrons. The van der Waals surface area contributed by atoms with E-state index in [4.69, 9.17) is 19.4 Å². The van der Waals surface area contributed by atoms with E-state index in [0.29, 0.717) is 17.5 Å². The lowest BCUT2D eigenvalue weighted by molar-refractivity contribution is 0.667. The Labute approximate surface area is 372 Å². The first-order valence-corrected chi connectivity index (χ1v) is 22.2. The molecule has 0 atom stereocenters. The molecule has 4 heterocycles. The van der Waals surface area contributed by atoms with Crippen LogP contribution in [-0.4, -0.2) is 19.5 Å². The van der Waals surface area contributed by atoms with Gasteiger partial charge in [-0.2, -0.15) is 0 Å². The van der Waals surface area contributed by atoms with Gasteiger partial charge in [-0.1, -0.05) is 169 Å². The first kappa shape index (κ1) is 36.4. The minimum absolute atomic E-state index is 0.554. The largest absolute Gasteiger partial charge is 0.453 e. The lowest BCUT2D eigenvalue weighted by Gasteiger charge is -2.33. The van der Waals surface area contributed by atoms with Crippen LogP contribution in [-0.2, 0) is 0 Å². The average molecular weight is 838 g/mol. The van der Waals surface area contributed by atoms with Gasteiger partial charge in [-0.3, -0.25) is 0 Å². The third-order valence-electron chi connectivity index (χ3n) is 12.2. The van der Waals surface area contributed by atoms with Gasteiger partial charge in [-0.15, -0.1) is 0 Å². The second-order valence-electron chi connectivity index (χ2n) is 16.0. The van der Waals surface area contributed by atoms with Crippen molar-refractivity contribution >= 4 is 72.6 Å². The van der Waals surface area contributed by atoms with Crippen LogP contribution >= 0.6 is 11.8 Å². The molecule has 6 nitrogen and oxygen atoms in total. The van der Waals surface area contributed by atoms with Crippen LogP contribution in [0.1, 0.15) is 0 Å². The Bertz CT molecular complexity index is 3710. The van der Waals surface area contributed by atoms with E-state index >= 15 is 0 Å². The Balaban J connectivity index is 1.01. The Hall–Kier alpha value is -8.26. The van der Waals surface area contributed by atoms with Crippen LogP contribution < -0.4 is 4.90 Å². The molecule has 0 saturated heterocycles. The van der Waals surface area contributed by atoms with Gasteiger partial charge in [-0.05, 0) is 65.7 Å². The summed E-state index contributed by atoms with van der Waals surface area (Å²) in [4.78, 5) is 19.9. The summed E-state index contributed by atoms with van der Waals surface area (Å²) in [7, 11) is 0. The number of para-hydroxylation sites is 4. The number of fused-ring (bicyclic) bond motifs is 8. The number of nitrogens with zero attached hydrogens (tertiary/aromatic N) is 5. The van der Waals surface area contributed by atoms with E-state index in [-0.39, 0.29) is 0 Å². The Morgan fingerprint density at radius 1 is 0.359 bits per heavy atom. The molecule has 0 N–H and O–H groups in total. The third-order valence-corrected chi connectivity index (χ3v) is 13.3. The monoisotopic (exact) mass is 837 g/mol. The first-order chi connectivity index (χ1) is 31.7. The molecule has 3 aromatic heterocycles. The van der Waals surface area contributed by atoms with Crippen molar-refractivity contribution in [3.63, 3.8) is 0 Å². The Morgan fingerprint density at radius 3 is 1.70 bits per heavy atom. The molecule has 7 heteroatoms. The van der Waals surface area contributed by atoms with Gasteiger partial charge in [0, 0.05) is 48.2 Å². The van der Waals surface area contributed by atoms with Gasteiger partial charge in [0.05, 0.1) is 33.7 Å². The highest BCUT2D eigenvalue weighted by Gasteiger charge is 2.28. The molecule has 0 fully saturated rings. The molecule has 0 spiro atoms. The quantitative estimate of drug-likeness (QED) is 0.166. The molecule has 12 aromatic rings. The number of anilines is 3. The molecular formula is C57H35N5OS. The zero-order chi connectivity index (χ0) is 42.1. The van der Waals surface area contributed by atoms with E-state index in [2.05, 4.69) is 155 Å². The summed E-state index contributed by atoms with van der Waals surface area (Å²) in [6.45, 7) is 0. The lowest BCUT2D eigenvalue weighted by atomic mass is 10.0. The molecule has 1 aliphatic rings. The summed E-state index contributed by atoms with van der Waals surface area (Å²) in [6, 6.07) is 74.5. The standard InChI is InChI=1S/C57H35N5OS/c1-4-17-36(18-5-1)39-23-14-24-40(33-39)61-47-30-12-13-32-51(47)64-52-35-49-45(34-50(52)61)41-25-10-11-29-46(41)62(49)48-31-16-27-43-42-26-15-28-44(53(42)63-54(43)48)57-59-55(37-19-6-2-7-20-37)58-56(60-57)38-21-8-3-9-22-38/h1-35H. The van der Waals surface area contributed by atoms with Crippen LogP contribution in [0.3, 0.4) is 0 Å². The molecule has 0 saturated carbocycles. The zero-order valence-electron chi connectivity index (χ0n) is 34.3. The van der Waals surface area contributed by atoms with Crippen LogP contribution in [0.2, 0.25) is 0 Å². The number of rotatable bonds is 6. The van der Waals surface area contributed by atoms with Gasteiger partial charge in [-0.25, -0.2) is 15.0 Å². The summed E-state index contributed by atoms with van der Waals surface area (Å²) in [5.41, 5.74) is 13.1. The predicted molar refractivity (Wildman–Crippen MR) is 262 cm³/mol. The van der Waals surface area contributed by atoms with Crippen LogP contribution in [0.4, 0.5) is 17.1 Å². The second kappa shape index (κ2) is 14.7. The van der Waals surface area contributed by atoms with E-state index in [0.717, 1.165) is 66.7 Å². The maximum atomic E-state index is 7.13. The normalized spacial score (nSPS) is 12.3. The van der Waals surface area contributed by atoms with Gasteiger partial charge in [0.1, 0.15) is 5.58 Å². The molecule has 64 heavy (non-hydrogen) atoms. The zero-order valence-corrected chi connectivity index (χ0v) is 35.1. The predicted octanol–water partition coefficient (Wildman–Crippen LogP) is 15.5. The van der Waals surface area contributed by atoms with Crippen molar-refractivity contribution < 1.29 is 4.42 Å². The fraction of sp³-hybridized carbons (Fsp3) is 0. The van der Waals surface area contributed by atoms with E-state index in [9.17, 15) is 0 Å². The highest BCUT2D eigenvalue weighted by Crippen LogP contribution is 2.54. The minimum atomic E-state index is 0.554.